The van der Waals surface area contributed by atoms with Crippen LogP contribution < -0.4 is 0 Å². The molecule has 57 heavy (non-hydrogen) atoms. The van der Waals surface area contributed by atoms with Crippen LogP contribution in [-0.2, 0) is 0 Å². The van der Waals surface area contributed by atoms with Gasteiger partial charge in [-0.25, -0.2) is 15.0 Å². The first-order chi connectivity index (χ1) is 28.2. The first-order valence-electron chi connectivity index (χ1n) is 19.0. The third-order valence-electron chi connectivity index (χ3n) is 11.1. The fourth-order valence-corrected chi connectivity index (χ4v) is 9.50. The molecule has 0 bridgehead atoms. The molecule has 12 rings (SSSR count). The third kappa shape index (κ3) is 5.12. The fraction of sp³-hybridized carbons (Fsp3) is 0. The van der Waals surface area contributed by atoms with E-state index in [9.17, 15) is 0 Å². The van der Waals surface area contributed by atoms with Gasteiger partial charge in [0.05, 0.1) is 11.0 Å². The Morgan fingerprint density at radius 3 is 1.70 bits per heavy atom. The monoisotopic (exact) mass is 746 g/mol. The quantitative estimate of drug-likeness (QED) is 0.176. The summed E-state index contributed by atoms with van der Waals surface area (Å²) in [7, 11) is 0. The Kier molecular flexibility index (Phi) is 7.03. The van der Waals surface area contributed by atoms with Crippen molar-refractivity contribution in [2.24, 2.45) is 0 Å². The molecule has 12 aromatic rings. The Morgan fingerprint density at radius 1 is 0.386 bits per heavy atom. The van der Waals surface area contributed by atoms with Crippen LogP contribution in [0.2, 0.25) is 0 Å². The number of thiophene rings is 1. The van der Waals surface area contributed by atoms with E-state index in [4.69, 9.17) is 19.4 Å². The topological polar surface area (TPSA) is 56.7 Å². The van der Waals surface area contributed by atoms with Crippen molar-refractivity contribution < 1.29 is 4.42 Å². The van der Waals surface area contributed by atoms with Crippen molar-refractivity contribution in [2.45, 2.75) is 0 Å². The largest absolute Gasteiger partial charge is 0.455 e. The molecule has 0 aliphatic rings. The van der Waals surface area contributed by atoms with E-state index in [1.807, 2.05) is 60.7 Å². The van der Waals surface area contributed by atoms with Crippen LogP contribution in [0.25, 0.3) is 115 Å². The number of hydrogen-bond acceptors (Lipinski definition) is 5. The summed E-state index contributed by atoms with van der Waals surface area (Å²) in [4.78, 5) is 14.9. The molecule has 0 fully saturated rings. The zero-order valence-electron chi connectivity index (χ0n) is 30.4. The van der Waals surface area contributed by atoms with Crippen molar-refractivity contribution in [2.75, 3.05) is 0 Å². The highest BCUT2D eigenvalue weighted by Crippen LogP contribution is 2.42. The van der Waals surface area contributed by atoms with Crippen LogP contribution in [0.3, 0.4) is 0 Å². The Morgan fingerprint density at radius 2 is 1.00 bits per heavy atom. The number of fused-ring (bicyclic) bond motifs is 9. The van der Waals surface area contributed by atoms with Crippen LogP contribution in [0.15, 0.2) is 186 Å². The van der Waals surface area contributed by atoms with Gasteiger partial charge in [-0.05, 0) is 60.2 Å². The van der Waals surface area contributed by atoms with Gasteiger partial charge < -0.3 is 8.98 Å². The zero-order valence-corrected chi connectivity index (χ0v) is 31.2. The number of hydrogen-bond donors (Lipinski definition) is 0. The van der Waals surface area contributed by atoms with E-state index in [2.05, 4.69) is 126 Å². The van der Waals surface area contributed by atoms with Gasteiger partial charge in [-0.3, -0.25) is 0 Å². The van der Waals surface area contributed by atoms with Gasteiger partial charge in [0.15, 0.2) is 17.5 Å². The minimum Gasteiger partial charge on any atom is -0.455 e. The highest BCUT2D eigenvalue weighted by molar-refractivity contribution is 7.25. The van der Waals surface area contributed by atoms with E-state index in [-0.39, 0.29) is 0 Å². The van der Waals surface area contributed by atoms with Crippen LogP contribution in [0, 0.1) is 0 Å². The van der Waals surface area contributed by atoms with Gasteiger partial charge in [0.25, 0.3) is 0 Å². The maximum absolute atomic E-state index is 6.68. The van der Waals surface area contributed by atoms with Gasteiger partial charge in [-0.15, -0.1) is 11.3 Å². The number of nitrogens with zero attached hydrogens (tertiary/aromatic N) is 4. The average molecular weight is 747 g/mol. The Labute approximate surface area is 330 Å². The average Bonchev–Trinajstić information content (AvgIpc) is 3.95. The molecule has 0 spiro atoms. The predicted molar refractivity (Wildman–Crippen MR) is 236 cm³/mol. The Hall–Kier alpha value is -7.41. The smallest absolute Gasteiger partial charge is 0.164 e. The van der Waals surface area contributed by atoms with Crippen LogP contribution >= 0.6 is 11.3 Å². The molecular weight excluding hydrogens is 717 g/mol. The minimum absolute atomic E-state index is 0.651. The SMILES string of the molecule is c1ccc(-c2nc(-c3ccccc3)nc(-c3ccc4sc5cc(-c6cccc7c6oc6ccc(-n8c9ccccc9c9ccccc98)cc67)ccc5c4c3)n2)cc1. The standard InChI is InChI=1S/C51H30N4OS/c1-3-12-31(13-4-1)49-52-50(32-14-5-2-6-15-32)54-51(53-49)34-23-27-46-42(28-34)39-25-22-33(29-47(39)57-46)36-18-11-19-40-41-30-35(24-26-45(41)56-48(36)40)55-43-20-9-7-16-37(43)38-17-8-10-21-44(38)55/h1-30H. The first-order valence-corrected chi connectivity index (χ1v) is 19.8. The van der Waals surface area contributed by atoms with Crippen molar-refractivity contribution in [3.05, 3.63) is 182 Å². The summed E-state index contributed by atoms with van der Waals surface area (Å²) in [6, 6.07) is 63.8. The van der Waals surface area contributed by atoms with E-state index in [0.717, 1.165) is 55.4 Å². The van der Waals surface area contributed by atoms with E-state index in [1.54, 1.807) is 11.3 Å². The third-order valence-corrected chi connectivity index (χ3v) is 12.2. The molecule has 0 N–H and O–H groups in total. The molecule has 8 aromatic carbocycles. The zero-order chi connectivity index (χ0) is 37.5. The fourth-order valence-electron chi connectivity index (χ4n) is 8.38. The van der Waals surface area contributed by atoms with Gasteiger partial charge in [0, 0.05) is 69.7 Å². The molecule has 6 heteroatoms. The second kappa shape index (κ2) is 12.6. The highest BCUT2D eigenvalue weighted by atomic mass is 32.1. The summed E-state index contributed by atoms with van der Waals surface area (Å²) in [5, 5.41) is 7.09. The number of aromatic nitrogens is 4. The molecule has 266 valence electrons. The molecule has 0 radical (unpaired) electrons. The van der Waals surface area contributed by atoms with Gasteiger partial charge in [-0.1, -0.05) is 127 Å². The number of rotatable bonds is 5. The van der Waals surface area contributed by atoms with Crippen LogP contribution in [0.4, 0.5) is 0 Å². The second-order valence-corrected chi connectivity index (χ2v) is 15.5. The lowest BCUT2D eigenvalue weighted by molar-refractivity contribution is 0.670. The summed E-state index contributed by atoms with van der Waals surface area (Å²) < 4.78 is 11.5. The summed E-state index contributed by atoms with van der Waals surface area (Å²) in [6.45, 7) is 0. The number of para-hydroxylation sites is 3. The molecule has 0 atom stereocenters. The maximum atomic E-state index is 6.68. The molecule has 4 heterocycles. The van der Waals surface area contributed by atoms with E-state index in [1.165, 1.54) is 42.0 Å². The molecule has 0 saturated heterocycles. The molecule has 0 aliphatic carbocycles. The normalized spacial score (nSPS) is 11.9. The van der Waals surface area contributed by atoms with E-state index in [0.29, 0.717) is 17.5 Å². The van der Waals surface area contributed by atoms with E-state index >= 15 is 0 Å². The lowest BCUT2D eigenvalue weighted by Crippen LogP contribution is -2.00. The van der Waals surface area contributed by atoms with Gasteiger partial charge in [0.1, 0.15) is 11.2 Å². The summed E-state index contributed by atoms with van der Waals surface area (Å²) in [6.07, 6.45) is 0. The lowest BCUT2D eigenvalue weighted by Gasteiger charge is -2.08. The highest BCUT2D eigenvalue weighted by Gasteiger charge is 2.18. The number of furan rings is 1. The maximum Gasteiger partial charge on any atom is 0.164 e. The van der Waals surface area contributed by atoms with Crippen LogP contribution in [0.5, 0.6) is 0 Å². The molecule has 0 aliphatic heterocycles. The Balaban J connectivity index is 0.957. The lowest BCUT2D eigenvalue weighted by atomic mass is 10.0. The summed E-state index contributed by atoms with van der Waals surface area (Å²) in [5.74, 6) is 1.96. The number of benzene rings is 8. The van der Waals surface area contributed by atoms with Crippen molar-refractivity contribution in [1.29, 1.82) is 0 Å². The van der Waals surface area contributed by atoms with E-state index < -0.39 is 0 Å². The van der Waals surface area contributed by atoms with Gasteiger partial charge in [-0.2, -0.15) is 0 Å². The molecule has 4 aromatic heterocycles. The first kappa shape index (κ1) is 31.9. The molecular formula is C51H30N4OS. The van der Waals surface area contributed by atoms with Crippen LogP contribution in [-0.4, -0.2) is 19.5 Å². The molecule has 0 unspecified atom stereocenters. The molecule has 5 nitrogen and oxygen atoms in total. The van der Waals surface area contributed by atoms with Crippen molar-refractivity contribution in [3.8, 4) is 51.0 Å². The van der Waals surface area contributed by atoms with Gasteiger partial charge >= 0.3 is 0 Å². The van der Waals surface area contributed by atoms with Crippen molar-refractivity contribution in [1.82, 2.24) is 19.5 Å². The van der Waals surface area contributed by atoms with Crippen LogP contribution in [0.1, 0.15) is 0 Å². The van der Waals surface area contributed by atoms with Crippen molar-refractivity contribution in [3.63, 3.8) is 0 Å². The summed E-state index contributed by atoms with van der Waals surface area (Å²) >= 11 is 1.80. The van der Waals surface area contributed by atoms with Crippen molar-refractivity contribution >= 4 is 75.3 Å². The second-order valence-electron chi connectivity index (χ2n) is 14.4. The molecule has 0 amide bonds. The van der Waals surface area contributed by atoms with Gasteiger partial charge in [0.2, 0.25) is 0 Å². The minimum atomic E-state index is 0.651. The summed E-state index contributed by atoms with van der Waals surface area (Å²) in [5.41, 5.74) is 10.3. The predicted octanol–water partition coefficient (Wildman–Crippen LogP) is 13.9. The molecule has 0 saturated carbocycles. The Bertz CT molecular complexity index is 3420.